The highest BCUT2D eigenvalue weighted by Crippen LogP contribution is 2.28. The Bertz CT molecular complexity index is 385. The molecule has 2 aliphatic heterocycles. The molecule has 0 radical (unpaired) electrons. The van der Waals surface area contributed by atoms with Crippen molar-refractivity contribution in [3.63, 3.8) is 0 Å². The highest BCUT2D eigenvalue weighted by Gasteiger charge is 2.22. The SMILES string of the molecule is OC1CCc2cnc(CC3CCCCS3)n2C1. The van der Waals surface area contributed by atoms with E-state index in [-0.39, 0.29) is 6.10 Å². The van der Waals surface area contributed by atoms with E-state index >= 15 is 0 Å². The third-order valence-corrected chi connectivity index (χ3v) is 5.23. The first kappa shape index (κ1) is 11.6. The lowest BCUT2D eigenvalue weighted by molar-refractivity contribution is 0.130. The molecule has 0 spiro atoms. The molecule has 17 heavy (non-hydrogen) atoms. The van der Waals surface area contributed by atoms with Crippen LogP contribution in [0.4, 0.5) is 0 Å². The molecule has 3 nitrogen and oxygen atoms in total. The minimum atomic E-state index is -0.172. The van der Waals surface area contributed by atoms with Gasteiger partial charge in [-0.15, -0.1) is 0 Å². The van der Waals surface area contributed by atoms with Crippen LogP contribution >= 0.6 is 11.8 Å². The predicted molar refractivity (Wildman–Crippen MR) is 70.4 cm³/mol. The smallest absolute Gasteiger partial charge is 0.110 e. The lowest BCUT2D eigenvalue weighted by atomic mass is 10.1. The van der Waals surface area contributed by atoms with E-state index in [9.17, 15) is 5.11 Å². The fourth-order valence-corrected chi connectivity index (χ4v) is 4.13. The van der Waals surface area contributed by atoms with E-state index in [0.717, 1.165) is 31.1 Å². The van der Waals surface area contributed by atoms with Gasteiger partial charge in [0.25, 0.3) is 0 Å². The zero-order chi connectivity index (χ0) is 11.7. The van der Waals surface area contributed by atoms with Crippen molar-refractivity contribution in [2.24, 2.45) is 0 Å². The van der Waals surface area contributed by atoms with Gasteiger partial charge in [0.05, 0.1) is 12.6 Å². The predicted octanol–water partition coefficient (Wildman–Crippen LogP) is 2.02. The quantitative estimate of drug-likeness (QED) is 0.875. The molecule has 0 amide bonds. The first-order chi connectivity index (χ1) is 8.33. The summed E-state index contributed by atoms with van der Waals surface area (Å²) < 4.78 is 2.25. The van der Waals surface area contributed by atoms with Gasteiger partial charge in [-0.3, -0.25) is 0 Å². The fourth-order valence-electron chi connectivity index (χ4n) is 2.83. The van der Waals surface area contributed by atoms with E-state index < -0.39 is 0 Å². The summed E-state index contributed by atoms with van der Waals surface area (Å²) in [5.74, 6) is 2.50. The van der Waals surface area contributed by atoms with E-state index in [1.807, 2.05) is 6.20 Å². The minimum absolute atomic E-state index is 0.172. The van der Waals surface area contributed by atoms with Crippen LogP contribution in [0.3, 0.4) is 0 Å². The number of hydrogen-bond donors (Lipinski definition) is 1. The zero-order valence-electron chi connectivity index (χ0n) is 10.1. The maximum atomic E-state index is 9.75. The molecule has 3 rings (SSSR count). The molecule has 1 aromatic rings. The first-order valence-electron chi connectivity index (χ1n) is 6.66. The Kier molecular flexibility index (Phi) is 3.43. The highest BCUT2D eigenvalue weighted by molar-refractivity contribution is 7.99. The average Bonchev–Trinajstić information content (AvgIpc) is 2.73. The van der Waals surface area contributed by atoms with Gasteiger partial charge in [-0.2, -0.15) is 11.8 Å². The lowest BCUT2D eigenvalue weighted by Crippen LogP contribution is -2.26. The number of nitrogens with zero attached hydrogens (tertiary/aromatic N) is 2. The summed E-state index contributed by atoms with van der Waals surface area (Å²) in [6, 6.07) is 0. The molecule has 1 fully saturated rings. The largest absolute Gasteiger partial charge is 0.391 e. The molecular formula is C13H20N2OS. The minimum Gasteiger partial charge on any atom is -0.391 e. The van der Waals surface area contributed by atoms with Crippen molar-refractivity contribution in [3.8, 4) is 0 Å². The maximum Gasteiger partial charge on any atom is 0.110 e. The van der Waals surface area contributed by atoms with Crippen LogP contribution in [0, 0.1) is 0 Å². The van der Waals surface area contributed by atoms with Crippen LogP contribution in [0.2, 0.25) is 0 Å². The van der Waals surface area contributed by atoms with E-state index in [1.165, 1.54) is 36.5 Å². The van der Waals surface area contributed by atoms with Crippen molar-refractivity contribution in [1.82, 2.24) is 9.55 Å². The molecule has 94 valence electrons. The standard InChI is InChI=1S/C13H20N2OS/c16-11-5-4-10-8-14-13(15(10)9-11)7-12-3-1-2-6-17-12/h8,11-12,16H,1-7,9H2. The van der Waals surface area contributed by atoms with Gasteiger partial charge >= 0.3 is 0 Å². The zero-order valence-corrected chi connectivity index (χ0v) is 11.0. The van der Waals surface area contributed by atoms with Gasteiger partial charge in [-0.05, 0) is 31.4 Å². The number of thioether (sulfide) groups is 1. The summed E-state index contributed by atoms with van der Waals surface area (Å²) in [4.78, 5) is 4.56. The summed E-state index contributed by atoms with van der Waals surface area (Å²) in [7, 11) is 0. The lowest BCUT2D eigenvalue weighted by Gasteiger charge is -2.24. The number of aryl methyl sites for hydroxylation is 1. The number of aliphatic hydroxyl groups is 1. The van der Waals surface area contributed by atoms with Gasteiger partial charge in [0.1, 0.15) is 5.82 Å². The number of imidazole rings is 1. The molecule has 0 aliphatic carbocycles. The Morgan fingerprint density at radius 3 is 3.18 bits per heavy atom. The molecular weight excluding hydrogens is 232 g/mol. The monoisotopic (exact) mass is 252 g/mol. The molecule has 0 saturated carbocycles. The summed E-state index contributed by atoms with van der Waals surface area (Å²) in [5, 5.41) is 10.5. The third-order valence-electron chi connectivity index (χ3n) is 3.83. The van der Waals surface area contributed by atoms with Crippen LogP contribution in [0.25, 0.3) is 0 Å². The normalized spacial score (nSPS) is 29.0. The van der Waals surface area contributed by atoms with Crippen LogP contribution in [0.5, 0.6) is 0 Å². The Labute approximate surface area is 107 Å². The third kappa shape index (κ3) is 2.52. The molecule has 4 heteroatoms. The van der Waals surface area contributed by atoms with Crippen molar-refractivity contribution >= 4 is 11.8 Å². The number of aliphatic hydroxyl groups excluding tert-OH is 1. The molecule has 0 bridgehead atoms. The number of aromatic nitrogens is 2. The molecule has 1 aromatic heterocycles. The molecule has 2 atom stereocenters. The van der Waals surface area contributed by atoms with Crippen molar-refractivity contribution in [3.05, 3.63) is 17.7 Å². The first-order valence-corrected chi connectivity index (χ1v) is 7.71. The number of fused-ring (bicyclic) bond motifs is 1. The van der Waals surface area contributed by atoms with Gasteiger partial charge in [0.15, 0.2) is 0 Å². The van der Waals surface area contributed by atoms with Gasteiger partial charge in [-0.1, -0.05) is 6.42 Å². The summed E-state index contributed by atoms with van der Waals surface area (Å²) in [5.41, 5.74) is 1.31. The van der Waals surface area contributed by atoms with E-state index in [1.54, 1.807) is 0 Å². The second-order valence-electron chi connectivity index (χ2n) is 5.16. The van der Waals surface area contributed by atoms with Crippen molar-refractivity contribution < 1.29 is 5.11 Å². The summed E-state index contributed by atoms with van der Waals surface area (Å²) >= 11 is 2.10. The summed E-state index contributed by atoms with van der Waals surface area (Å²) in [6.07, 6.45) is 8.86. The van der Waals surface area contributed by atoms with Crippen molar-refractivity contribution in [2.75, 3.05) is 5.75 Å². The van der Waals surface area contributed by atoms with Crippen LogP contribution in [-0.2, 0) is 19.4 Å². The van der Waals surface area contributed by atoms with E-state index in [4.69, 9.17) is 0 Å². The van der Waals surface area contributed by atoms with Crippen LogP contribution in [0.1, 0.15) is 37.2 Å². The Morgan fingerprint density at radius 2 is 2.35 bits per heavy atom. The Hall–Kier alpha value is -0.480. The second kappa shape index (κ2) is 5.02. The average molecular weight is 252 g/mol. The van der Waals surface area contributed by atoms with Crippen LogP contribution < -0.4 is 0 Å². The summed E-state index contributed by atoms with van der Waals surface area (Å²) in [6.45, 7) is 0.752. The highest BCUT2D eigenvalue weighted by atomic mass is 32.2. The molecule has 2 unspecified atom stereocenters. The molecule has 1 N–H and O–H groups in total. The van der Waals surface area contributed by atoms with Gasteiger partial charge in [0, 0.05) is 23.6 Å². The Morgan fingerprint density at radius 1 is 1.41 bits per heavy atom. The number of hydrogen-bond acceptors (Lipinski definition) is 3. The number of rotatable bonds is 2. The molecule has 0 aromatic carbocycles. The fraction of sp³-hybridized carbons (Fsp3) is 0.769. The van der Waals surface area contributed by atoms with Crippen molar-refractivity contribution in [2.45, 2.75) is 56.4 Å². The van der Waals surface area contributed by atoms with Crippen LogP contribution in [-0.4, -0.2) is 31.8 Å². The van der Waals surface area contributed by atoms with Gasteiger partial charge in [-0.25, -0.2) is 4.98 Å². The van der Waals surface area contributed by atoms with Crippen LogP contribution in [0.15, 0.2) is 6.20 Å². The second-order valence-corrected chi connectivity index (χ2v) is 6.57. The van der Waals surface area contributed by atoms with Gasteiger partial charge in [0.2, 0.25) is 0 Å². The molecule has 1 saturated heterocycles. The van der Waals surface area contributed by atoms with E-state index in [2.05, 4.69) is 21.3 Å². The Balaban J connectivity index is 1.72. The van der Waals surface area contributed by atoms with E-state index in [0.29, 0.717) is 0 Å². The molecule has 3 heterocycles. The topological polar surface area (TPSA) is 38.1 Å². The van der Waals surface area contributed by atoms with Crippen molar-refractivity contribution in [1.29, 1.82) is 0 Å². The van der Waals surface area contributed by atoms with Gasteiger partial charge < -0.3 is 9.67 Å². The molecule has 2 aliphatic rings. The maximum absolute atomic E-state index is 9.75.